The number of halogens is 2. The van der Waals surface area contributed by atoms with Gasteiger partial charge in [0.05, 0.1) is 5.69 Å². The Morgan fingerprint density at radius 1 is 0.920 bits per heavy atom. The van der Waals surface area contributed by atoms with Gasteiger partial charge >= 0.3 is 0 Å². The van der Waals surface area contributed by atoms with E-state index in [1.165, 1.54) is 10.4 Å². The van der Waals surface area contributed by atoms with E-state index < -0.39 is 0 Å². The predicted molar refractivity (Wildman–Crippen MR) is 110 cm³/mol. The van der Waals surface area contributed by atoms with Crippen molar-refractivity contribution in [1.82, 2.24) is 4.98 Å². The largest absolute Gasteiger partial charge is 0.332 e. The zero-order valence-corrected chi connectivity index (χ0v) is 16.8. The molecule has 1 heterocycles. The highest BCUT2D eigenvalue weighted by molar-refractivity contribution is 7.15. The topological polar surface area (TPSA) is 24.9 Å². The zero-order valence-electron chi connectivity index (χ0n) is 14.4. The Kier molecular flexibility index (Phi) is 5.38. The third kappa shape index (κ3) is 4.75. The van der Waals surface area contributed by atoms with Crippen LogP contribution in [0.4, 0.5) is 10.8 Å². The van der Waals surface area contributed by atoms with Gasteiger partial charge in [0.1, 0.15) is 0 Å². The van der Waals surface area contributed by atoms with E-state index in [1.54, 1.807) is 11.3 Å². The molecule has 2 aromatic carbocycles. The SMILES string of the molecule is CC(C)(C)c1nc(Nc2ccc(Cl)cc2)sc1Cc1ccc(Cl)cc1. The number of thiazole rings is 1. The van der Waals surface area contributed by atoms with Crippen molar-refractivity contribution in [2.24, 2.45) is 0 Å². The maximum absolute atomic E-state index is 5.99. The zero-order chi connectivity index (χ0) is 18.0. The van der Waals surface area contributed by atoms with Gasteiger partial charge in [0, 0.05) is 32.4 Å². The van der Waals surface area contributed by atoms with Gasteiger partial charge in [-0.3, -0.25) is 0 Å². The molecule has 25 heavy (non-hydrogen) atoms. The minimum atomic E-state index is -0.0157. The van der Waals surface area contributed by atoms with Crippen LogP contribution in [0.2, 0.25) is 10.0 Å². The van der Waals surface area contributed by atoms with Gasteiger partial charge < -0.3 is 5.32 Å². The summed E-state index contributed by atoms with van der Waals surface area (Å²) in [5.41, 5.74) is 3.33. The third-order valence-corrected chi connectivity index (χ3v) is 5.26. The summed E-state index contributed by atoms with van der Waals surface area (Å²) < 4.78 is 0. The van der Waals surface area contributed by atoms with Gasteiger partial charge in [-0.15, -0.1) is 11.3 Å². The van der Waals surface area contributed by atoms with E-state index in [0.717, 1.165) is 33.0 Å². The quantitative estimate of drug-likeness (QED) is 0.514. The summed E-state index contributed by atoms with van der Waals surface area (Å²) in [5.74, 6) is 0. The monoisotopic (exact) mass is 390 g/mol. The molecule has 1 aromatic heterocycles. The number of nitrogens with zero attached hydrogens (tertiary/aromatic N) is 1. The number of hydrogen-bond acceptors (Lipinski definition) is 3. The molecule has 0 saturated carbocycles. The second-order valence-corrected chi connectivity index (χ2v) is 8.93. The average molecular weight is 391 g/mol. The summed E-state index contributed by atoms with van der Waals surface area (Å²) in [6, 6.07) is 15.7. The maximum atomic E-state index is 5.99. The molecule has 0 saturated heterocycles. The molecule has 0 amide bonds. The molecule has 3 aromatic rings. The molecule has 3 rings (SSSR count). The second-order valence-electron chi connectivity index (χ2n) is 6.98. The first-order valence-corrected chi connectivity index (χ1v) is 9.66. The van der Waals surface area contributed by atoms with Gasteiger partial charge in [-0.1, -0.05) is 56.1 Å². The van der Waals surface area contributed by atoms with Crippen LogP contribution in [0.3, 0.4) is 0 Å². The maximum Gasteiger partial charge on any atom is 0.187 e. The molecule has 0 aliphatic heterocycles. The van der Waals surface area contributed by atoms with Crippen molar-refractivity contribution in [2.75, 3.05) is 5.32 Å². The van der Waals surface area contributed by atoms with Crippen molar-refractivity contribution in [3.63, 3.8) is 0 Å². The Morgan fingerprint density at radius 2 is 1.48 bits per heavy atom. The summed E-state index contributed by atoms with van der Waals surface area (Å²) in [5, 5.41) is 5.77. The highest BCUT2D eigenvalue weighted by Crippen LogP contribution is 2.35. The molecule has 0 unspecified atom stereocenters. The van der Waals surface area contributed by atoms with Crippen molar-refractivity contribution in [2.45, 2.75) is 32.6 Å². The highest BCUT2D eigenvalue weighted by atomic mass is 35.5. The van der Waals surface area contributed by atoms with Crippen molar-refractivity contribution in [3.8, 4) is 0 Å². The number of nitrogens with one attached hydrogen (secondary N) is 1. The summed E-state index contributed by atoms with van der Waals surface area (Å²) >= 11 is 13.6. The Morgan fingerprint density at radius 3 is 2.04 bits per heavy atom. The molecule has 0 aliphatic carbocycles. The van der Waals surface area contributed by atoms with Crippen LogP contribution in [0.15, 0.2) is 48.5 Å². The number of anilines is 2. The Labute approximate surface area is 162 Å². The first-order chi connectivity index (χ1) is 11.8. The van der Waals surface area contributed by atoms with E-state index in [4.69, 9.17) is 28.2 Å². The smallest absolute Gasteiger partial charge is 0.187 e. The molecule has 130 valence electrons. The molecular formula is C20H20Cl2N2S. The van der Waals surface area contributed by atoms with Crippen LogP contribution in [-0.4, -0.2) is 4.98 Å². The number of rotatable bonds is 4. The summed E-state index contributed by atoms with van der Waals surface area (Å²) in [4.78, 5) is 6.13. The van der Waals surface area contributed by atoms with Crippen molar-refractivity contribution < 1.29 is 0 Å². The number of hydrogen-bond donors (Lipinski definition) is 1. The number of aromatic nitrogens is 1. The second kappa shape index (κ2) is 7.36. The van der Waals surface area contributed by atoms with Crippen LogP contribution in [0.5, 0.6) is 0 Å². The van der Waals surface area contributed by atoms with Crippen LogP contribution >= 0.6 is 34.5 Å². The van der Waals surface area contributed by atoms with Gasteiger partial charge in [0.25, 0.3) is 0 Å². The van der Waals surface area contributed by atoms with Crippen molar-refractivity contribution in [3.05, 3.63) is 74.7 Å². The van der Waals surface area contributed by atoms with E-state index in [0.29, 0.717) is 0 Å². The molecule has 5 heteroatoms. The van der Waals surface area contributed by atoms with Crippen LogP contribution in [0.1, 0.15) is 36.9 Å². The third-order valence-electron chi connectivity index (χ3n) is 3.78. The Balaban J connectivity index is 1.89. The van der Waals surface area contributed by atoms with E-state index in [1.807, 2.05) is 36.4 Å². The Bertz CT molecular complexity index is 847. The van der Waals surface area contributed by atoms with Crippen molar-refractivity contribution in [1.29, 1.82) is 0 Å². The molecule has 2 nitrogen and oxygen atoms in total. The molecule has 0 atom stereocenters. The lowest BCUT2D eigenvalue weighted by Crippen LogP contribution is -2.14. The molecule has 0 fully saturated rings. The summed E-state index contributed by atoms with van der Waals surface area (Å²) in [6.07, 6.45) is 0.851. The lowest BCUT2D eigenvalue weighted by Gasteiger charge is -2.17. The summed E-state index contributed by atoms with van der Waals surface area (Å²) in [7, 11) is 0. The predicted octanol–water partition coefficient (Wildman–Crippen LogP) is 7.08. The van der Waals surface area contributed by atoms with Gasteiger partial charge in [-0.05, 0) is 42.0 Å². The van der Waals surface area contributed by atoms with E-state index in [2.05, 4.69) is 38.2 Å². The normalized spacial score (nSPS) is 11.6. The number of benzene rings is 2. The highest BCUT2D eigenvalue weighted by Gasteiger charge is 2.23. The van der Waals surface area contributed by atoms with Gasteiger partial charge in [0.2, 0.25) is 0 Å². The molecule has 1 N–H and O–H groups in total. The molecular weight excluding hydrogens is 371 g/mol. The van der Waals surface area contributed by atoms with Crippen LogP contribution < -0.4 is 5.32 Å². The van der Waals surface area contributed by atoms with Crippen LogP contribution in [0.25, 0.3) is 0 Å². The standard InChI is InChI=1S/C20H20Cl2N2S/c1-20(2,3)18-17(12-13-4-6-14(21)7-5-13)25-19(24-18)23-16-10-8-15(22)9-11-16/h4-11H,12H2,1-3H3,(H,23,24). The first-order valence-electron chi connectivity index (χ1n) is 8.08. The summed E-state index contributed by atoms with van der Waals surface area (Å²) in [6.45, 7) is 6.58. The fraction of sp³-hybridized carbons (Fsp3) is 0.250. The minimum absolute atomic E-state index is 0.0157. The van der Waals surface area contributed by atoms with Gasteiger partial charge in [0.15, 0.2) is 5.13 Å². The van der Waals surface area contributed by atoms with E-state index in [-0.39, 0.29) is 5.41 Å². The van der Waals surface area contributed by atoms with E-state index >= 15 is 0 Å². The molecule has 0 aliphatic rings. The lowest BCUT2D eigenvalue weighted by molar-refractivity contribution is 0.568. The van der Waals surface area contributed by atoms with E-state index in [9.17, 15) is 0 Å². The van der Waals surface area contributed by atoms with Gasteiger partial charge in [-0.2, -0.15) is 0 Å². The van der Waals surface area contributed by atoms with Crippen molar-refractivity contribution >= 4 is 45.4 Å². The fourth-order valence-electron chi connectivity index (χ4n) is 2.56. The van der Waals surface area contributed by atoms with Crippen LogP contribution in [-0.2, 0) is 11.8 Å². The first kappa shape index (κ1) is 18.2. The van der Waals surface area contributed by atoms with Gasteiger partial charge in [-0.25, -0.2) is 4.98 Å². The van der Waals surface area contributed by atoms with Crippen LogP contribution in [0, 0.1) is 0 Å². The molecule has 0 bridgehead atoms. The average Bonchev–Trinajstić information content (AvgIpc) is 2.95. The minimum Gasteiger partial charge on any atom is -0.332 e. The molecule has 0 radical (unpaired) electrons. The Hall–Kier alpha value is -1.55. The fourth-order valence-corrected chi connectivity index (χ4v) is 4.03. The molecule has 0 spiro atoms. The lowest BCUT2D eigenvalue weighted by atomic mass is 9.90.